The third-order valence-electron chi connectivity index (χ3n) is 3.91. The van der Waals surface area contributed by atoms with E-state index < -0.39 is 0 Å². The van der Waals surface area contributed by atoms with Crippen molar-refractivity contribution in [1.82, 2.24) is 4.90 Å². The fourth-order valence-electron chi connectivity index (χ4n) is 2.57. The van der Waals surface area contributed by atoms with Crippen LogP contribution in [0, 0.1) is 6.92 Å². The van der Waals surface area contributed by atoms with Crippen molar-refractivity contribution in [2.24, 2.45) is 0 Å². The summed E-state index contributed by atoms with van der Waals surface area (Å²) in [4.78, 5) is 26.0. The van der Waals surface area contributed by atoms with Gasteiger partial charge in [0.1, 0.15) is 0 Å². The maximum atomic E-state index is 12.2. The highest BCUT2D eigenvalue weighted by molar-refractivity contribution is 9.10. The summed E-state index contributed by atoms with van der Waals surface area (Å²) in [7, 11) is 1.75. The fraction of sp³-hybridized carbons (Fsp3) is 0.300. The molecule has 2 aromatic carbocycles. The molecule has 0 saturated carbocycles. The van der Waals surface area contributed by atoms with Gasteiger partial charge in [-0.2, -0.15) is 0 Å². The average molecular weight is 418 g/mol. The third-order valence-corrected chi connectivity index (χ3v) is 4.40. The molecule has 2 N–H and O–H groups in total. The van der Waals surface area contributed by atoms with Crippen molar-refractivity contribution >= 4 is 39.1 Å². The Morgan fingerprint density at radius 1 is 1.04 bits per heavy atom. The number of nitrogens with zero attached hydrogens (tertiary/aromatic N) is 1. The Morgan fingerprint density at radius 3 is 2.38 bits per heavy atom. The van der Waals surface area contributed by atoms with Gasteiger partial charge < -0.3 is 10.6 Å². The zero-order chi connectivity index (χ0) is 19.1. The van der Waals surface area contributed by atoms with E-state index in [2.05, 4.69) is 33.5 Å². The Kier molecular flexibility index (Phi) is 7.36. The molecular weight excluding hydrogens is 394 g/mol. The molecule has 0 radical (unpaired) electrons. The van der Waals surface area contributed by atoms with Crippen molar-refractivity contribution < 1.29 is 9.59 Å². The summed E-state index contributed by atoms with van der Waals surface area (Å²) in [5, 5.41) is 5.74. The number of hydrogen-bond acceptors (Lipinski definition) is 3. The molecule has 5 nitrogen and oxygen atoms in total. The first-order chi connectivity index (χ1) is 12.4. The first-order valence-electron chi connectivity index (χ1n) is 8.50. The van der Waals surface area contributed by atoms with E-state index in [1.54, 1.807) is 11.9 Å². The molecular formula is C20H24BrN3O2. The van der Waals surface area contributed by atoms with E-state index in [0.29, 0.717) is 0 Å². The lowest BCUT2D eigenvalue weighted by Crippen LogP contribution is -2.36. The van der Waals surface area contributed by atoms with E-state index >= 15 is 0 Å². The Labute approximate surface area is 162 Å². The van der Waals surface area contributed by atoms with Crippen LogP contribution in [0.4, 0.5) is 11.4 Å². The molecule has 2 rings (SSSR count). The number of carbonyl (C=O) groups is 2. The SMILES string of the molecule is CCc1cccc(NC(=O)CN(C)CC(=O)Nc2ccc(Br)cc2C)c1. The van der Waals surface area contributed by atoms with Gasteiger partial charge in [-0.1, -0.05) is 35.0 Å². The number of anilines is 2. The summed E-state index contributed by atoms with van der Waals surface area (Å²) in [6, 6.07) is 13.4. The second-order valence-electron chi connectivity index (χ2n) is 6.28. The zero-order valence-electron chi connectivity index (χ0n) is 15.3. The minimum Gasteiger partial charge on any atom is -0.325 e. The number of benzene rings is 2. The molecule has 0 unspecified atom stereocenters. The number of aryl methyl sites for hydroxylation is 2. The van der Waals surface area contributed by atoms with Crippen LogP contribution in [0.5, 0.6) is 0 Å². The van der Waals surface area contributed by atoms with Crippen LogP contribution in [0.25, 0.3) is 0 Å². The topological polar surface area (TPSA) is 61.4 Å². The van der Waals surface area contributed by atoms with Crippen LogP contribution in [-0.4, -0.2) is 36.9 Å². The number of halogens is 1. The van der Waals surface area contributed by atoms with Gasteiger partial charge in [0, 0.05) is 15.8 Å². The molecule has 0 aliphatic carbocycles. The molecule has 0 fully saturated rings. The molecule has 2 amide bonds. The van der Waals surface area contributed by atoms with Crippen LogP contribution in [0.1, 0.15) is 18.1 Å². The molecule has 0 aliphatic rings. The predicted molar refractivity (Wildman–Crippen MR) is 109 cm³/mol. The first kappa shape index (κ1) is 20.1. The maximum Gasteiger partial charge on any atom is 0.238 e. The summed E-state index contributed by atoms with van der Waals surface area (Å²) < 4.78 is 0.967. The molecule has 6 heteroatoms. The van der Waals surface area contributed by atoms with Crippen molar-refractivity contribution in [3.05, 3.63) is 58.1 Å². The van der Waals surface area contributed by atoms with Crippen molar-refractivity contribution in [2.75, 3.05) is 30.8 Å². The maximum absolute atomic E-state index is 12.2. The second kappa shape index (κ2) is 9.50. The summed E-state index contributed by atoms with van der Waals surface area (Å²) in [6.07, 6.45) is 0.916. The van der Waals surface area contributed by atoms with Crippen molar-refractivity contribution in [3.8, 4) is 0 Å². The summed E-state index contributed by atoms with van der Waals surface area (Å²) in [6.45, 7) is 4.28. The molecule has 0 spiro atoms. The molecule has 0 atom stereocenters. The van der Waals surface area contributed by atoms with E-state index in [1.165, 1.54) is 5.56 Å². The van der Waals surface area contributed by atoms with Crippen molar-refractivity contribution in [1.29, 1.82) is 0 Å². The molecule has 0 aliphatic heterocycles. The van der Waals surface area contributed by atoms with Crippen LogP contribution in [-0.2, 0) is 16.0 Å². The number of hydrogen-bond donors (Lipinski definition) is 2. The van der Waals surface area contributed by atoms with Gasteiger partial charge in [0.25, 0.3) is 0 Å². The van der Waals surface area contributed by atoms with Crippen LogP contribution >= 0.6 is 15.9 Å². The van der Waals surface area contributed by atoms with Crippen molar-refractivity contribution in [2.45, 2.75) is 20.3 Å². The third kappa shape index (κ3) is 6.28. The summed E-state index contributed by atoms with van der Waals surface area (Å²) >= 11 is 3.40. The highest BCUT2D eigenvalue weighted by Gasteiger charge is 2.12. The number of amides is 2. The van der Waals surface area contributed by atoms with Crippen LogP contribution in [0.15, 0.2) is 46.9 Å². The van der Waals surface area contributed by atoms with Gasteiger partial charge in [-0.3, -0.25) is 14.5 Å². The molecule has 2 aromatic rings. The van der Waals surface area contributed by atoms with Gasteiger partial charge in [-0.15, -0.1) is 0 Å². The van der Waals surface area contributed by atoms with E-state index in [4.69, 9.17) is 0 Å². The second-order valence-corrected chi connectivity index (χ2v) is 7.20. The molecule has 0 saturated heterocycles. The predicted octanol–water partition coefficient (Wildman–Crippen LogP) is 3.83. The quantitative estimate of drug-likeness (QED) is 0.719. The van der Waals surface area contributed by atoms with Gasteiger partial charge >= 0.3 is 0 Å². The molecule has 0 bridgehead atoms. The molecule has 0 aromatic heterocycles. The van der Waals surface area contributed by atoms with Gasteiger partial charge in [0.05, 0.1) is 13.1 Å². The molecule has 0 heterocycles. The molecule has 26 heavy (non-hydrogen) atoms. The van der Waals surface area contributed by atoms with E-state index in [1.807, 2.05) is 49.4 Å². The highest BCUT2D eigenvalue weighted by atomic mass is 79.9. The first-order valence-corrected chi connectivity index (χ1v) is 9.30. The van der Waals surface area contributed by atoms with E-state index in [-0.39, 0.29) is 24.9 Å². The normalized spacial score (nSPS) is 10.7. The van der Waals surface area contributed by atoms with Gasteiger partial charge in [-0.05, 0) is 61.9 Å². The standard InChI is InChI=1S/C20H24BrN3O2/c1-4-15-6-5-7-17(11-15)22-19(25)12-24(3)13-20(26)23-18-9-8-16(21)10-14(18)2/h5-11H,4,12-13H2,1-3H3,(H,22,25)(H,23,26). The Morgan fingerprint density at radius 2 is 1.73 bits per heavy atom. The Hall–Kier alpha value is -2.18. The lowest BCUT2D eigenvalue weighted by Gasteiger charge is -2.17. The average Bonchev–Trinajstić information content (AvgIpc) is 2.57. The van der Waals surface area contributed by atoms with Gasteiger partial charge in [0.15, 0.2) is 0 Å². The van der Waals surface area contributed by atoms with Gasteiger partial charge in [0.2, 0.25) is 11.8 Å². The highest BCUT2D eigenvalue weighted by Crippen LogP contribution is 2.19. The smallest absolute Gasteiger partial charge is 0.238 e. The van der Waals surface area contributed by atoms with Crippen LogP contribution < -0.4 is 10.6 Å². The van der Waals surface area contributed by atoms with E-state index in [0.717, 1.165) is 27.8 Å². The minimum atomic E-state index is -0.154. The number of carbonyl (C=O) groups excluding carboxylic acids is 2. The Balaban J connectivity index is 1.84. The monoisotopic (exact) mass is 417 g/mol. The number of nitrogens with one attached hydrogen (secondary N) is 2. The van der Waals surface area contributed by atoms with Crippen molar-refractivity contribution in [3.63, 3.8) is 0 Å². The summed E-state index contributed by atoms with van der Waals surface area (Å²) in [5.41, 5.74) is 3.69. The Bertz CT molecular complexity index is 792. The lowest BCUT2D eigenvalue weighted by atomic mass is 10.1. The van der Waals surface area contributed by atoms with Crippen LogP contribution in [0.3, 0.4) is 0 Å². The fourth-order valence-corrected chi connectivity index (χ4v) is 3.05. The zero-order valence-corrected chi connectivity index (χ0v) is 16.9. The number of rotatable bonds is 7. The lowest BCUT2D eigenvalue weighted by molar-refractivity contribution is -0.119. The minimum absolute atomic E-state index is 0.137. The largest absolute Gasteiger partial charge is 0.325 e. The van der Waals surface area contributed by atoms with Crippen LogP contribution in [0.2, 0.25) is 0 Å². The molecule has 138 valence electrons. The van der Waals surface area contributed by atoms with Gasteiger partial charge in [-0.25, -0.2) is 0 Å². The summed E-state index contributed by atoms with van der Waals surface area (Å²) in [5.74, 6) is -0.299. The van der Waals surface area contributed by atoms with E-state index in [9.17, 15) is 9.59 Å². The number of likely N-dealkylation sites (N-methyl/N-ethyl adjacent to an activating group) is 1.